The average molecular weight is 421 g/mol. The molecule has 0 saturated heterocycles. The number of nitrogens with one attached hydrogen (secondary N) is 2. The highest BCUT2D eigenvalue weighted by Gasteiger charge is 2.23. The molecule has 6 heteroatoms. The van der Waals surface area contributed by atoms with Crippen LogP contribution in [0.15, 0.2) is 48.5 Å². The number of aromatic nitrogens is 1. The van der Waals surface area contributed by atoms with Crippen LogP contribution in [0.5, 0.6) is 0 Å². The molecule has 1 aromatic heterocycles. The lowest BCUT2D eigenvalue weighted by Crippen LogP contribution is -2.40. The minimum absolute atomic E-state index is 0.133. The van der Waals surface area contributed by atoms with Gasteiger partial charge in [-0.25, -0.2) is 9.37 Å². The number of anilines is 2. The standard InChI is InChI=1S/C25H29FN4O/c1-16-14-17(8-13-21(16)26)25(31)28-19-11-9-18(10-12-19)27-24-15-23(30(2)3)20-6-4-5-7-22(20)29-24/h4-8,13-15,18-19H,9-12H2,1-3H3,(H,27,29)(H,28,31). The van der Waals surface area contributed by atoms with E-state index in [1.807, 2.05) is 32.3 Å². The van der Waals surface area contributed by atoms with Crippen LogP contribution in [-0.2, 0) is 0 Å². The van der Waals surface area contributed by atoms with Gasteiger partial charge in [0.25, 0.3) is 5.91 Å². The summed E-state index contributed by atoms with van der Waals surface area (Å²) in [4.78, 5) is 19.4. The van der Waals surface area contributed by atoms with Crippen molar-refractivity contribution in [2.75, 3.05) is 24.3 Å². The Bertz CT molecular complexity index is 1090. The van der Waals surface area contributed by atoms with Crippen molar-refractivity contribution in [3.63, 3.8) is 0 Å². The fourth-order valence-electron chi connectivity index (χ4n) is 4.25. The smallest absolute Gasteiger partial charge is 0.251 e. The van der Waals surface area contributed by atoms with Crippen molar-refractivity contribution in [1.29, 1.82) is 0 Å². The largest absolute Gasteiger partial charge is 0.377 e. The number of hydrogen-bond donors (Lipinski definition) is 2. The lowest BCUT2D eigenvalue weighted by molar-refractivity contribution is 0.0926. The number of fused-ring (bicyclic) bond motifs is 1. The predicted molar refractivity (Wildman–Crippen MR) is 124 cm³/mol. The number of aryl methyl sites for hydroxylation is 1. The van der Waals surface area contributed by atoms with E-state index in [1.54, 1.807) is 19.1 Å². The van der Waals surface area contributed by atoms with Gasteiger partial charge in [0.05, 0.1) is 5.52 Å². The molecule has 31 heavy (non-hydrogen) atoms. The Labute approximate surface area is 182 Å². The first kappa shape index (κ1) is 21.1. The average Bonchev–Trinajstić information content (AvgIpc) is 2.76. The van der Waals surface area contributed by atoms with Gasteiger partial charge in [0.1, 0.15) is 11.6 Å². The van der Waals surface area contributed by atoms with Gasteiger partial charge in [0.2, 0.25) is 0 Å². The van der Waals surface area contributed by atoms with Crippen molar-refractivity contribution >= 4 is 28.3 Å². The molecule has 1 fully saturated rings. The summed E-state index contributed by atoms with van der Waals surface area (Å²) in [6, 6.07) is 15.2. The van der Waals surface area contributed by atoms with Crippen LogP contribution in [0.25, 0.3) is 10.9 Å². The van der Waals surface area contributed by atoms with Gasteiger partial charge in [-0.3, -0.25) is 4.79 Å². The van der Waals surface area contributed by atoms with Crippen molar-refractivity contribution < 1.29 is 9.18 Å². The predicted octanol–water partition coefficient (Wildman–Crippen LogP) is 4.90. The van der Waals surface area contributed by atoms with Crippen LogP contribution < -0.4 is 15.5 Å². The number of halogens is 1. The second kappa shape index (κ2) is 8.92. The SMILES string of the molecule is Cc1cc(C(=O)NC2CCC(Nc3cc(N(C)C)c4ccccc4n3)CC2)ccc1F. The Morgan fingerprint density at radius 1 is 1.03 bits per heavy atom. The lowest BCUT2D eigenvalue weighted by atomic mass is 9.91. The number of rotatable bonds is 5. The van der Waals surface area contributed by atoms with Crippen LogP contribution in [0, 0.1) is 12.7 Å². The fourth-order valence-corrected chi connectivity index (χ4v) is 4.25. The van der Waals surface area contributed by atoms with Crippen molar-refractivity contribution in [2.24, 2.45) is 0 Å². The first-order chi connectivity index (χ1) is 14.9. The summed E-state index contributed by atoms with van der Waals surface area (Å²) in [5.41, 5.74) is 3.12. The van der Waals surface area contributed by atoms with Crippen molar-refractivity contribution in [3.05, 3.63) is 65.5 Å². The molecule has 0 bridgehead atoms. The molecule has 2 aromatic carbocycles. The molecular weight excluding hydrogens is 391 g/mol. The third kappa shape index (κ3) is 4.79. The first-order valence-corrected chi connectivity index (χ1v) is 10.8. The number of benzene rings is 2. The molecule has 2 N–H and O–H groups in total. The fraction of sp³-hybridized carbons (Fsp3) is 0.360. The van der Waals surface area contributed by atoms with E-state index in [4.69, 9.17) is 4.98 Å². The lowest BCUT2D eigenvalue weighted by Gasteiger charge is -2.30. The van der Waals surface area contributed by atoms with Crippen molar-refractivity contribution in [3.8, 4) is 0 Å². The number of carbonyl (C=O) groups is 1. The number of pyridine rings is 1. The van der Waals surface area contributed by atoms with Gasteiger partial charge in [-0.15, -0.1) is 0 Å². The van der Waals surface area contributed by atoms with Gasteiger partial charge in [0, 0.05) is 48.9 Å². The highest BCUT2D eigenvalue weighted by molar-refractivity contribution is 5.94. The summed E-state index contributed by atoms with van der Waals surface area (Å²) in [6.07, 6.45) is 3.72. The minimum Gasteiger partial charge on any atom is -0.377 e. The third-order valence-corrected chi connectivity index (χ3v) is 6.01. The summed E-state index contributed by atoms with van der Waals surface area (Å²) in [6.45, 7) is 1.67. The molecule has 1 heterocycles. The summed E-state index contributed by atoms with van der Waals surface area (Å²) in [7, 11) is 4.09. The maximum absolute atomic E-state index is 13.5. The molecule has 5 nitrogen and oxygen atoms in total. The highest BCUT2D eigenvalue weighted by Crippen LogP contribution is 2.29. The quantitative estimate of drug-likeness (QED) is 0.616. The second-order valence-corrected chi connectivity index (χ2v) is 8.57. The molecule has 0 unspecified atom stereocenters. The van der Waals surface area contributed by atoms with E-state index < -0.39 is 0 Å². The Kier molecular flexibility index (Phi) is 6.07. The number of amides is 1. The molecule has 0 atom stereocenters. The highest BCUT2D eigenvalue weighted by atomic mass is 19.1. The molecule has 0 radical (unpaired) electrons. The maximum Gasteiger partial charge on any atom is 0.251 e. The zero-order chi connectivity index (χ0) is 22.0. The van der Waals surface area contributed by atoms with Crippen LogP contribution >= 0.6 is 0 Å². The summed E-state index contributed by atoms with van der Waals surface area (Å²) < 4.78 is 13.5. The molecule has 3 aromatic rings. The number of nitrogens with zero attached hydrogens (tertiary/aromatic N) is 2. The zero-order valence-electron chi connectivity index (χ0n) is 18.3. The van der Waals surface area contributed by atoms with Crippen LogP contribution in [-0.4, -0.2) is 37.1 Å². The van der Waals surface area contributed by atoms with Crippen LogP contribution in [0.1, 0.15) is 41.6 Å². The van der Waals surface area contributed by atoms with Crippen molar-refractivity contribution in [2.45, 2.75) is 44.7 Å². The molecule has 4 rings (SSSR count). The molecule has 0 spiro atoms. The molecule has 162 valence electrons. The Morgan fingerprint density at radius 3 is 2.45 bits per heavy atom. The van der Waals surface area contributed by atoms with Crippen LogP contribution in [0.4, 0.5) is 15.9 Å². The normalized spacial score (nSPS) is 18.6. The molecular formula is C25H29FN4O. The number of para-hydroxylation sites is 1. The topological polar surface area (TPSA) is 57.3 Å². The molecule has 1 aliphatic carbocycles. The van der Waals surface area contributed by atoms with Crippen LogP contribution in [0.3, 0.4) is 0 Å². The third-order valence-electron chi connectivity index (χ3n) is 6.01. The summed E-state index contributed by atoms with van der Waals surface area (Å²) in [5.74, 6) is 0.464. The Hall–Kier alpha value is -3.15. The zero-order valence-corrected chi connectivity index (χ0v) is 18.3. The van der Waals surface area contributed by atoms with Crippen LogP contribution in [0.2, 0.25) is 0 Å². The molecule has 0 aliphatic heterocycles. The van der Waals surface area contributed by atoms with E-state index >= 15 is 0 Å². The summed E-state index contributed by atoms with van der Waals surface area (Å²) in [5, 5.41) is 7.84. The van der Waals surface area contributed by atoms with Gasteiger partial charge in [0.15, 0.2) is 0 Å². The van der Waals surface area contributed by atoms with Gasteiger partial charge in [-0.05, 0) is 62.4 Å². The Morgan fingerprint density at radius 2 is 1.74 bits per heavy atom. The molecule has 1 aliphatic rings. The van der Waals surface area contributed by atoms with E-state index in [0.717, 1.165) is 48.1 Å². The van der Waals surface area contributed by atoms with E-state index in [2.05, 4.69) is 27.7 Å². The maximum atomic E-state index is 13.5. The Balaban J connectivity index is 1.37. The van der Waals surface area contributed by atoms with E-state index in [9.17, 15) is 9.18 Å². The minimum atomic E-state index is -0.289. The van der Waals surface area contributed by atoms with E-state index in [-0.39, 0.29) is 17.8 Å². The number of hydrogen-bond acceptors (Lipinski definition) is 4. The van der Waals surface area contributed by atoms with Crippen molar-refractivity contribution in [1.82, 2.24) is 10.3 Å². The molecule has 1 amide bonds. The van der Waals surface area contributed by atoms with E-state index in [0.29, 0.717) is 17.2 Å². The van der Waals surface area contributed by atoms with E-state index in [1.165, 1.54) is 6.07 Å². The summed E-state index contributed by atoms with van der Waals surface area (Å²) >= 11 is 0. The van der Waals surface area contributed by atoms with Gasteiger partial charge in [-0.1, -0.05) is 18.2 Å². The van der Waals surface area contributed by atoms with Gasteiger partial charge in [-0.2, -0.15) is 0 Å². The van der Waals surface area contributed by atoms with Gasteiger partial charge < -0.3 is 15.5 Å². The number of carbonyl (C=O) groups excluding carboxylic acids is 1. The monoisotopic (exact) mass is 420 g/mol. The van der Waals surface area contributed by atoms with Gasteiger partial charge >= 0.3 is 0 Å². The first-order valence-electron chi connectivity index (χ1n) is 10.8. The molecule has 1 saturated carbocycles. The second-order valence-electron chi connectivity index (χ2n) is 8.57.